The fraction of sp³-hybridized carbons (Fsp3) is 0.590. The van der Waals surface area contributed by atoms with Crippen molar-refractivity contribution in [3.63, 3.8) is 0 Å². The number of hydrogen-bond acceptors (Lipinski definition) is 7. The van der Waals surface area contributed by atoms with Crippen molar-refractivity contribution in [3.8, 4) is 5.75 Å². The number of hydrogen-bond donors (Lipinski definition) is 3. The molecule has 2 aromatic carbocycles. The van der Waals surface area contributed by atoms with Gasteiger partial charge >= 0.3 is 0 Å². The van der Waals surface area contributed by atoms with E-state index < -0.39 is 6.10 Å². The number of aliphatic hydroxyl groups is 1. The van der Waals surface area contributed by atoms with E-state index in [-0.39, 0.29) is 16.6 Å². The van der Waals surface area contributed by atoms with Gasteiger partial charge < -0.3 is 24.8 Å². The summed E-state index contributed by atoms with van der Waals surface area (Å²) in [5.74, 6) is 2.36. The summed E-state index contributed by atoms with van der Waals surface area (Å²) in [5, 5.41) is 15.5. The van der Waals surface area contributed by atoms with Crippen LogP contribution in [-0.2, 0) is 6.42 Å². The third kappa shape index (κ3) is 7.86. The van der Waals surface area contributed by atoms with E-state index >= 15 is 0 Å². The second kappa shape index (κ2) is 15.6. The number of rotatable bonds is 6. The second-order valence-corrected chi connectivity index (χ2v) is 16.0. The van der Waals surface area contributed by atoms with E-state index in [4.69, 9.17) is 16.3 Å². The lowest BCUT2D eigenvalue weighted by Gasteiger charge is -2.52. The van der Waals surface area contributed by atoms with Crippen LogP contribution in [0.5, 0.6) is 5.75 Å². The Balaban J connectivity index is 1.38. The van der Waals surface area contributed by atoms with Gasteiger partial charge in [0.1, 0.15) is 5.75 Å². The Labute approximate surface area is 292 Å². The first-order valence-electron chi connectivity index (χ1n) is 18.0. The standard InChI is InChI=1S/C39H55ClN4O2S/c1-5-8-30-21-33(40)12-13-34(30)32-24-44-23-31-10-14-35(31)39(6-2,26-43-19-17-41-18-20-43)16-7-9-37(45)28(4)47-42-27(3)29-11-15-38(46-25-32)36(44)22-29/h7,11-13,15-16,21-22,28,31-32,35,37,41-42,45H,3,5-6,8-10,14,17-20,23-26H2,1-2,4H3/b16-7+. The largest absolute Gasteiger partial charge is 0.491 e. The van der Waals surface area contributed by atoms with Crippen LogP contribution in [0.4, 0.5) is 5.69 Å². The van der Waals surface area contributed by atoms with Crippen LogP contribution in [0.3, 0.4) is 0 Å². The Morgan fingerprint density at radius 1 is 1.11 bits per heavy atom. The smallest absolute Gasteiger partial charge is 0.142 e. The number of piperazine rings is 1. The lowest BCUT2D eigenvalue weighted by Crippen LogP contribution is -2.53. The molecule has 6 atom stereocenters. The van der Waals surface area contributed by atoms with Crippen molar-refractivity contribution in [2.45, 2.75) is 76.6 Å². The van der Waals surface area contributed by atoms with Crippen LogP contribution in [0.25, 0.3) is 5.70 Å². The first-order chi connectivity index (χ1) is 22.8. The Hall–Kier alpha value is -2.16. The van der Waals surface area contributed by atoms with Gasteiger partial charge in [0, 0.05) is 78.7 Å². The molecule has 0 amide bonds. The molecule has 6 rings (SSSR count). The number of aliphatic hydroxyl groups excluding tert-OH is 1. The zero-order valence-corrected chi connectivity index (χ0v) is 30.2. The van der Waals surface area contributed by atoms with Crippen molar-refractivity contribution in [1.82, 2.24) is 14.9 Å². The lowest BCUT2D eigenvalue weighted by atomic mass is 9.57. The fourth-order valence-electron chi connectivity index (χ4n) is 8.34. The maximum absolute atomic E-state index is 11.1. The van der Waals surface area contributed by atoms with Crippen LogP contribution in [0.15, 0.2) is 55.1 Å². The maximum atomic E-state index is 11.1. The van der Waals surface area contributed by atoms with E-state index in [1.54, 1.807) is 11.9 Å². The van der Waals surface area contributed by atoms with Crippen LogP contribution in [-0.4, -0.2) is 73.8 Å². The summed E-state index contributed by atoms with van der Waals surface area (Å²) < 4.78 is 10.1. The highest BCUT2D eigenvalue weighted by Crippen LogP contribution is 2.51. The average Bonchev–Trinajstić information content (AvgIpc) is 3.24. The van der Waals surface area contributed by atoms with Gasteiger partial charge in [0.15, 0.2) is 0 Å². The summed E-state index contributed by atoms with van der Waals surface area (Å²) in [4.78, 5) is 5.32. The molecule has 2 fully saturated rings. The number of anilines is 1. The SMILES string of the molecule is C=C1NSC(C)C(O)C/C=C/C(CC)(CN2CCNCC2)C2CCC2CN2CC(c3ccc(Cl)cc3CCC)COc3ccc1cc32. The Morgan fingerprint density at radius 2 is 1.94 bits per heavy atom. The molecule has 6 unspecified atom stereocenters. The van der Waals surface area contributed by atoms with Gasteiger partial charge in [-0.3, -0.25) is 4.90 Å². The van der Waals surface area contributed by atoms with Crippen molar-refractivity contribution >= 4 is 34.9 Å². The molecular weight excluding hydrogens is 624 g/mol. The fourth-order valence-corrected chi connectivity index (χ4v) is 9.24. The van der Waals surface area contributed by atoms with Crippen molar-refractivity contribution < 1.29 is 9.84 Å². The van der Waals surface area contributed by atoms with Crippen molar-refractivity contribution in [2.75, 3.05) is 57.3 Å². The maximum Gasteiger partial charge on any atom is 0.142 e. The summed E-state index contributed by atoms with van der Waals surface area (Å²) in [6.07, 6.45) is 10.7. The van der Waals surface area contributed by atoms with Crippen LogP contribution < -0.4 is 19.7 Å². The van der Waals surface area contributed by atoms with Gasteiger partial charge in [-0.2, -0.15) is 0 Å². The third-order valence-corrected chi connectivity index (χ3v) is 12.6. The molecule has 1 saturated heterocycles. The highest BCUT2D eigenvalue weighted by Gasteiger charge is 2.47. The number of nitrogens with zero attached hydrogens (tertiary/aromatic N) is 2. The van der Waals surface area contributed by atoms with Crippen molar-refractivity contribution in [2.24, 2.45) is 17.3 Å². The Kier molecular flexibility index (Phi) is 11.5. The lowest BCUT2D eigenvalue weighted by molar-refractivity contribution is 0.0193. The molecule has 0 aromatic heterocycles. The summed E-state index contributed by atoms with van der Waals surface area (Å²) in [6, 6.07) is 13.0. The number of fused-ring (bicyclic) bond motifs is 2. The van der Waals surface area contributed by atoms with Gasteiger partial charge in [-0.25, -0.2) is 0 Å². The molecule has 1 aliphatic carbocycles. The van der Waals surface area contributed by atoms with Crippen LogP contribution in [0.2, 0.25) is 5.02 Å². The summed E-state index contributed by atoms with van der Waals surface area (Å²) >= 11 is 8.06. The van der Waals surface area contributed by atoms with Crippen molar-refractivity contribution in [1.29, 1.82) is 0 Å². The highest BCUT2D eigenvalue weighted by atomic mass is 35.5. The molecule has 1 saturated carbocycles. The normalized spacial score (nSPS) is 31.1. The van der Waals surface area contributed by atoms with Crippen LogP contribution in [0.1, 0.15) is 75.5 Å². The van der Waals surface area contributed by atoms with Gasteiger partial charge in [0.05, 0.1) is 18.4 Å². The molecule has 2 bridgehead atoms. The molecule has 6 nitrogen and oxygen atoms in total. The highest BCUT2D eigenvalue weighted by molar-refractivity contribution is 7.98. The minimum absolute atomic E-state index is 0.0167. The molecular formula is C39H55ClN4O2S. The topological polar surface area (TPSA) is 60.0 Å². The van der Waals surface area contributed by atoms with Crippen LogP contribution >= 0.6 is 23.5 Å². The molecule has 3 N–H and O–H groups in total. The van der Waals surface area contributed by atoms with Crippen molar-refractivity contribution in [3.05, 3.63) is 76.8 Å². The molecule has 4 aliphatic rings. The first kappa shape index (κ1) is 34.7. The zero-order chi connectivity index (χ0) is 33.0. The predicted octanol–water partition coefficient (Wildman–Crippen LogP) is 7.52. The first-order valence-corrected chi connectivity index (χ1v) is 19.3. The zero-order valence-electron chi connectivity index (χ0n) is 28.6. The molecule has 0 radical (unpaired) electrons. The summed E-state index contributed by atoms with van der Waals surface area (Å²) in [7, 11) is 0. The van der Waals surface area contributed by atoms with Gasteiger partial charge in [-0.15, -0.1) is 0 Å². The summed E-state index contributed by atoms with van der Waals surface area (Å²) in [5.41, 5.74) is 5.85. The van der Waals surface area contributed by atoms with Gasteiger partial charge in [-0.1, -0.05) is 56.7 Å². The predicted molar refractivity (Wildman–Crippen MR) is 200 cm³/mol. The third-order valence-electron chi connectivity index (χ3n) is 11.3. The van der Waals surface area contributed by atoms with E-state index in [1.165, 1.54) is 24.0 Å². The molecule has 8 heteroatoms. The molecule has 2 aromatic rings. The Morgan fingerprint density at radius 3 is 2.68 bits per heavy atom. The van der Waals surface area contributed by atoms with E-state index in [9.17, 15) is 5.11 Å². The summed E-state index contributed by atoms with van der Waals surface area (Å²) in [6.45, 7) is 19.1. The molecule has 47 heavy (non-hydrogen) atoms. The molecule has 256 valence electrons. The van der Waals surface area contributed by atoms with Gasteiger partial charge in [0.2, 0.25) is 0 Å². The van der Waals surface area contributed by atoms with Crippen LogP contribution in [0, 0.1) is 17.3 Å². The van der Waals surface area contributed by atoms with Gasteiger partial charge in [-0.05, 0) is 104 Å². The average molecular weight is 679 g/mol. The molecule has 3 heterocycles. The van der Waals surface area contributed by atoms with E-state index in [1.807, 2.05) is 6.07 Å². The monoisotopic (exact) mass is 678 g/mol. The number of nitrogens with one attached hydrogen (secondary N) is 2. The number of aryl methyl sites for hydroxylation is 1. The van der Waals surface area contributed by atoms with E-state index in [0.717, 1.165) is 92.8 Å². The quantitative estimate of drug-likeness (QED) is 0.216. The minimum atomic E-state index is -0.436. The minimum Gasteiger partial charge on any atom is -0.491 e. The van der Waals surface area contributed by atoms with Gasteiger partial charge in [0.25, 0.3) is 0 Å². The number of halogens is 1. The number of benzene rings is 2. The molecule has 0 spiro atoms. The van der Waals surface area contributed by atoms with E-state index in [2.05, 4.69) is 89.7 Å². The second-order valence-electron chi connectivity index (χ2n) is 14.4. The Bertz CT molecular complexity index is 1410. The van der Waals surface area contributed by atoms with E-state index in [0.29, 0.717) is 24.9 Å². The molecule has 3 aliphatic heterocycles. The number of ether oxygens (including phenoxy) is 1.